The van der Waals surface area contributed by atoms with Gasteiger partial charge in [-0.15, -0.1) is 0 Å². The van der Waals surface area contributed by atoms with Crippen molar-refractivity contribution >= 4 is 16.7 Å². The number of aryl methyl sites for hydroxylation is 1. The molecule has 3 rings (SSSR count). The van der Waals surface area contributed by atoms with Gasteiger partial charge in [-0.3, -0.25) is 0 Å². The van der Waals surface area contributed by atoms with Gasteiger partial charge in [0.2, 0.25) is 0 Å². The van der Waals surface area contributed by atoms with E-state index in [2.05, 4.69) is 15.3 Å². The largest absolute Gasteiger partial charge is 0.493 e. The van der Waals surface area contributed by atoms with E-state index in [-0.39, 0.29) is 25.0 Å². The number of hydrogen-bond donors (Lipinski definition) is 1. The average Bonchev–Trinajstić information content (AvgIpc) is 2.78. The lowest BCUT2D eigenvalue weighted by molar-refractivity contribution is -0.175. The van der Waals surface area contributed by atoms with Crippen LogP contribution in [0, 0.1) is 12.8 Å². The minimum atomic E-state index is -4.20. The summed E-state index contributed by atoms with van der Waals surface area (Å²) >= 11 is 0. The quantitative estimate of drug-likeness (QED) is 0.358. The summed E-state index contributed by atoms with van der Waals surface area (Å²) in [5, 5.41) is 4.11. The number of nitrogens with zero attached hydrogens (tertiary/aromatic N) is 2. The Labute approximate surface area is 210 Å². The van der Waals surface area contributed by atoms with Gasteiger partial charge < -0.3 is 19.5 Å². The van der Waals surface area contributed by atoms with Crippen molar-refractivity contribution in [3.05, 3.63) is 41.8 Å². The number of alkyl halides is 3. The van der Waals surface area contributed by atoms with Crippen molar-refractivity contribution in [1.29, 1.82) is 0 Å². The van der Waals surface area contributed by atoms with E-state index in [4.69, 9.17) is 14.2 Å². The fourth-order valence-electron chi connectivity index (χ4n) is 4.15. The van der Waals surface area contributed by atoms with Crippen molar-refractivity contribution in [2.75, 3.05) is 25.6 Å². The molecule has 9 heteroatoms. The van der Waals surface area contributed by atoms with Gasteiger partial charge in [0.1, 0.15) is 17.7 Å². The van der Waals surface area contributed by atoms with E-state index in [1.54, 1.807) is 26.2 Å². The van der Waals surface area contributed by atoms with Crippen LogP contribution in [0.1, 0.15) is 52.3 Å². The number of halogens is 3. The van der Waals surface area contributed by atoms with Gasteiger partial charge in [-0.2, -0.15) is 13.2 Å². The first-order valence-corrected chi connectivity index (χ1v) is 12.4. The molecule has 0 spiro atoms. The Balaban J connectivity index is 1.89. The van der Waals surface area contributed by atoms with Crippen molar-refractivity contribution < 1.29 is 27.4 Å². The summed E-state index contributed by atoms with van der Waals surface area (Å²) in [5.41, 5.74) is 1.47. The maximum absolute atomic E-state index is 13.3. The topological polar surface area (TPSA) is 65.5 Å². The number of benzene rings is 1. The molecule has 1 aliphatic rings. The lowest BCUT2D eigenvalue weighted by atomic mass is 9.93. The number of fused-ring (bicyclic) bond motifs is 1. The van der Waals surface area contributed by atoms with E-state index in [0.29, 0.717) is 48.3 Å². The highest BCUT2D eigenvalue weighted by Gasteiger charge is 2.38. The molecule has 6 nitrogen and oxygen atoms in total. The molecule has 0 saturated heterocycles. The molecule has 36 heavy (non-hydrogen) atoms. The van der Waals surface area contributed by atoms with Crippen molar-refractivity contribution in [1.82, 2.24) is 9.97 Å². The van der Waals surface area contributed by atoms with Gasteiger partial charge in [-0.1, -0.05) is 25.2 Å². The molecular weight excluding hydrogens is 471 g/mol. The van der Waals surface area contributed by atoms with Gasteiger partial charge in [0.15, 0.2) is 11.5 Å². The lowest BCUT2D eigenvalue weighted by Gasteiger charge is -2.23. The Kier molecular flexibility index (Phi) is 9.59. The van der Waals surface area contributed by atoms with Crippen LogP contribution >= 0.6 is 0 Å². The number of nitrogens with one attached hydrogen (secondary N) is 1. The van der Waals surface area contributed by atoms with Crippen LogP contribution in [-0.2, 0) is 4.74 Å². The fraction of sp³-hybridized carbons (Fsp3) is 0.556. The summed E-state index contributed by atoms with van der Waals surface area (Å²) < 4.78 is 57.2. The molecule has 0 aliphatic heterocycles. The van der Waals surface area contributed by atoms with Gasteiger partial charge in [0.25, 0.3) is 0 Å². The predicted molar refractivity (Wildman–Crippen MR) is 136 cm³/mol. The van der Waals surface area contributed by atoms with Gasteiger partial charge in [-0.05, 0) is 58.1 Å². The monoisotopic (exact) mass is 507 g/mol. The first-order valence-electron chi connectivity index (χ1n) is 12.4. The van der Waals surface area contributed by atoms with E-state index in [1.165, 1.54) is 0 Å². The summed E-state index contributed by atoms with van der Waals surface area (Å²) in [6, 6.07) is 3.37. The third-order valence-corrected chi connectivity index (χ3v) is 6.07. The zero-order chi connectivity index (χ0) is 26.3. The van der Waals surface area contributed by atoms with Crippen molar-refractivity contribution in [3.8, 4) is 11.5 Å². The second kappa shape index (κ2) is 12.4. The van der Waals surface area contributed by atoms with Crippen LogP contribution in [0.5, 0.6) is 11.5 Å². The summed E-state index contributed by atoms with van der Waals surface area (Å²) in [5.74, 6) is 0.900. The molecule has 3 atom stereocenters. The molecule has 1 aromatic heterocycles. The predicted octanol–water partition coefficient (Wildman–Crippen LogP) is 6.79. The standard InChI is InChI=1S/C27H36F3N3O3/c1-6-13-35-16-17(2)36-25-14-22-23(15-24(25)34-5)32-19(4)33-26(22)31-18(3)20-9-7-8-10-21(12-11-20)27(28,29)30/h7,9,11,14-15,17-18,21H,6,8,10,12-13,16H2,1-5H3,(H,31,32,33)/b9-7-,20-11?/t17-,18+,21-/m0/s1. The SMILES string of the molecule is CCCOC[C@H](C)Oc1cc2c(N[C@H](C)C3=CC[C@@H](C(F)(F)F)CC/C=C\3)nc(C)nc2cc1OC. The van der Waals surface area contributed by atoms with Crippen LogP contribution in [0.3, 0.4) is 0 Å². The number of hydrogen-bond acceptors (Lipinski definition) is 6. The fourth-order valence-corrected chi connectivity index (χ4v) is 4.15. The maximum atomic E-state index is 13.3. The number of aromatic nitrogens is 2. The highest BCUT2D eigenvalue weighted by atomic mass is 19.4. The molecule has 0 amide bonds. The third-order valence-electron chi connectivity index (χ3n) is 6.07. The van der Waals surface area contributed by atoms with Crippen LogP contribution in [0.15, 0.2) is 35.9 Å². The minimum Gasteiger partial charge on any atom is -0.493 e. The van der Waals surface area contributed by atoms with Crippen molar-refractivity contribution in [3.63, 3.8) is 0 Å². The molecule has 1 aliphatic carbocycles. The van der Waals surface area contributed by atoms with Crippen LogP contribution in [0.2, 0.25) is 0 Å². The number of rotatable bonds is 10. The molecule has 198 valence electrons. The Hall–Kier alpha value is -2.81. The molecule has 1 heterocycles. The molecule has 1 N–H and O–H groups in total. The summed E-state index contributed by atoms with van der Waals surface area (Å²) in [7, 11) is 1.57. The zero-order valence-corrected chi connectivity index (χ0v) is 21.6. The van der Waals surface area contributed by atoms with E-state index < -0.39 is 12.1 Å². The number of ether oxygens (including phenoxy) is 3. The van der Waals surface area contributed by atoms with Gasteiger partial charge in [-0.25, -0.2) is 9.97 Å². The molecule has 0 radical (unpaired) electrons. The van der Waals surface area contributed by atoms with Crippen LogP contribution in [-0.4, -0.2) is 48.6 Å². The molecular formula is C27H36F3N3O3. The molecule has 0 saturated carbocycles. The van der Waals surface area contributed by atoms with Crippen molar-refractivity contribution in [2.45, 2.75) is 71.7 Å². The number of allylic oxidation sites excluding steroid dienone is 2. The van der Waals surface area contributed by atoms with Gasteiger partial charge >= 0.3 is 6.18 Å². The Morgan fingerprint density at radius 2 is 1.94 bits per heavy atom. The first-order chi connectivity index (χ1) is 17.1. The number of methoxy groups -OCH3 is 1. The molecule has 2 aromatic rings. The van der Waals surface area contributed by atoms with Crippen LogP contribution < -0.4 is 14.8 Å². The van der Waals surface area contributed by atoms with E-state index in [9.17, 15) is 13.2 Å². The Morgan fingerprint density at radius 1 is 1.17 bits per heavy atom. The third kappa shape index (κ3) is 7.35. The number of anilines is 1. The second-order valence-corrected chi connectivity index (χ2v) is 9.17. The van der Waals surface area contributed by atoms with Crippen LogP contribution in [0.25, 0.3) is 10.9 Å². The average molecular weight is 508 g/mol. The van der Waals surface area contributed by atoms with Crippen molar-refractivity contribution in [2.24, 2.45) is 5.92 Å². The molecule has 1 aromatic carbocycles. The molecule has 0 unspecified atom stereocenters. The second-order valence-electron chi connectivity index (χ2n) is 9.17. The van der Waals surface area contributed by atoms with E-state index >= 15 is 0 Å². The summed E-state index contributed by atoms with van der Waals surface area (Å²) in [6.07, 6.45) is 2.38. The zero-order valence-electron chi connectivity index (χ0n) is 21.6. The molecule has 0 bridgehead atoms. The molecule has 0 fully saturated rings. The van der Waals surface area contributed by atoms with Gasteiger partial charge in [0.05, 0.1) is 25.2 Å². The first kappa shape index (κ1) is 27.8. The maximum Gasteiger partial charge on any atom is 0.392 e. The normalized spacial score (nSPS) is 19.1. The summed E-state index contributed by atoms with van der Waals surface area (Å²) in [6.45, 7) is 8.79. The Bertz CT molecular complexity index is 1090. The summed E-state index contributed by atoms with van der Waals surface area (Å²) in [4.78, 5) is 9.14. The highest BCUT2D eigenvalue weighted by molar-refractivity contribution is 5.92. The lowest BCUT2D eigenvalue weighted by Crippen LogP contribution is -2.24. The minimum absolute atomic E-state index is 0.0358. The van der Waals surface area contributed by atoms with Gasteiger partial charge in [0, 0.05) is 24.1 Å². The highest BCUT2D eigenvalue weighted by Crippen LogP contribution is 2.37. The smallest absolute Gasteiger partial charge is 0.392 e. The Morgan fingerprint density at radius 3 is 2.64 bits per heavy atom. The van der Waals surface area contributed by atoms with Crippen LogP contribution in [0.4, 0.5) is 19.0 Å². The van der Waals surface area contributed by atoms with E-state index in [0.717, 1.165) is 17.4 Å². The van der Waals surface area contributed by atoms with E-state index in [1.807, 2.05) is 39.0 Å².